The third kappa shape index (κ3) is 4.32. The summed E-state index contributed by atoms with van der Waals surface area (Å²) in [5.41, 5.74) is 0.382. The van der Waals surface area contributed by atoms with E-state index in [-0.39, 0.29) is 18.6 Å². The van der Waals surface area contributed by atoms with Crippen molar-refractivity contribution in [3.63, 3.8) is 0 Å². The summed E-state index contributed by atoms with van der Waals surface area (Å²) in [4.78, 5) is 13.7. The van der Waals surface area contributed by atoms with Crippen LogP contribution in [0.3, 0.4) is 0 Å². The Hall–Kier alpha value is -1.95. The van der Waals surface area contributed by atoms with Crippen LogP contribution in [0.15, 0.2) is 18.2 Å². The van der Waals surface area contributed by atoms with Crippen LogP contribution in [0.1, 0.15) is 38.7 Å². The van der Waals surface area contributed by atoms with Crippen LogP contribution < -0.4 is 9.47 Å². The molecule has 1 aliphatic heterocycles. The van der Waals surface area contributed by atoms with Crippen molar-refractivity contribution in [1.82, 2.24) is 4.90 Å². The minimum Gasteiger partial charge on any atom is -0.497 e. The van der Waals surface area contributed by atoms with Gasteiger partial charge in [0.25, 0.3) is 0 Å². The van der Waals surface area contributed by atoms with E-state index in [0.29, 0.717) is 24.5 Å². The summed E-state index contributed by atoms with van der Waals surface area (Å²) in [7, 11) is 3.20. The number of carbonyl (C=O) groups excluding carboxylic acids is 1. The Labute approximate surface area is 143 Å². The number of rotatable bonds is 3. The van der Waals surface area contributed by atoms with Crippen LogP contribution in [0.2, 0.25) is 0 Å². The zero-order valence-corrected chi connectivity index (χ0v) is 15.0. The Morgan fingerprint density at radius 1 is 1.25 bits per heavy atom. The predicted octanol–water partition coefficient (Wildman–Crippen LogP) is 2.79. The van der Waals surface area contributed by atoms with Crippen molar-refractivity contribution in [3.8, 4) is 11.5 Å². The number of aliphatic hydroxyl groups excluding tert-OH is 1. The van der Waals surface area contributed by atoms with Crippen molar-refractivity contribution in [2.75, 3.05) is 27.3 Å². The van der Waals surface area contributed by atoms with Crippen LogP contribution in [0.4, 0.5) is 4.79 Å². The number of hydrogen-bond acceptors (Lipinski definition) is 5. The van der Waals surface area contributed by atoms with E-state index in [1.807, 2.05) is 39.0 Å². The molecule has 0 aromatic heterocycles. The number of methoxy groups -OCH3 is 2. The summed E-state index contributed by atoms with van der Waals surface area (Å²) >= 11 is 0. The molecule has 134 valence electrons. The van der Waals surface area contributed by atoms with Gasteiger partial charge in [0.1, 0.15) is 17.1 Å². The summed E-state index contributed by atoms with van der Waals surface area (Å²) < 4.78 is 16.0. The molecule has 0 radical (unpaired) electrons. The zero-order valence-electron chi connectivity index (χ0n) is 15.0. The monoisotopic (exact) mass is 337 g/mol. The first-order chi connectivity index (χ1) is 11.2. The highest BCUT2D eigenvalue weighted by atomic mass is 16.6. The highest BCUT2D eigenvalue weighted by molar-refractivity contribution is 5.68. The number of amides is 1. The van der Waals surface area contributed by atoms with Crippen molar-refractivity contribution in [1.29, 1.82) is 0 Å². The van der Waals surface area contributed by atoms with E-state index >= 15 is 0 Å². The number of ether oxygens (including phenoxy) is 3. The van der Waals surface area contributed by atoms with Crippen LogP contribution in [0, 0.1) is 0 Å². The van der Waals surface area contributed by atoms with Crippen LogP contribution >= 0.6 is 0 Å². The lowest BCUT2D eigenvalue weighted by Crippen LogP contribution is -2.47. The molecule has 0 aliphatic carbocycles. The van der Waals surface area contributed by atoms with Gasteiger partial charge in [-0.1, -0.05) is 6.07 Å². The smallest absolute Gasteiger partial charge is 0.410 e. The molecule has 0 unspecified atom stereocenters. The van der Waals surface area contributed by atoms with Crippen LogP contribution in [-0.4, -0.2) is 55.1 Å². The Bertz CT molecular complexity index is 581. The second-order valence-corrected chi connectivity index (χ2v) is 7.00. The second kappa shape index (κ2) is 7.30. The molecule has 1 amide bonds. The Kier molecular flexibility index (Phi) is 5.59. The summed E-state index contributed by atoms with van der Waals surface area (Å²) in [6.07, 6.45) is -0.418. The summed E-state index contributed by atoms with van der Waals surface area (Å²) in [6, 6.07) is 5.57. The quantitative estimate of drug-likeness (QED) is 0.918. The molecule has 0 saturated carbocycles. The second-order valence-electron chi connectivity index (χ2n) is 7.00. The first-order valence-corrected chi connectivity index (χ1v) is 8.13. The lowest BCUT2D eigenvalue weighted by atomic mass is 9.86. The van der Waals surface area contributed by atoms with Crippen molar-refractivity contribution >= 4 is 6.09 Å². The summed E-state index contributed by atoms with van der Waals surface area (Å²) in [6.45, 7) is 6.27. The number of β-amino-alcohol motifs (C(OH)–C–C–N with tert-alkyl or cyclic N) is 1. The van der Waals surface area contributed by atoms with E-state index in [2.05, 4.69) is 0 Å². The summed E-state index contributed by atoms with van der Waals surface area (Å²) in [5.74, 6) is 1.30. The van der Waals surface area contributed by atoms with Gasteiger partial charge < -0.3 is 24.2 Å². The maximum atomic E-state index is 12.2. The van der Waals surface area contributed by atoms with E-state index in [0.717, 1.165) is 5.56 Å². The highest BCUT2D eigenvalue weighted by Gasteiger charge is 2.34. The van der Waals surface area contributed by atoms with E-state index in [4.69, 9.17) is 14.2 Å². The van der Waals surface area contributed by atoms with Gasteiger partial charge in [0.2, 0.25) is 0 Å². The fourth-order valence-corrected chi connectivity index (χ4v) is 2.91. The standard InChI is InChI=1S/C18H27NO5/c1-18(2,3)24-17(21)19-9-8-13(15(20)11-19)14-7-6-12(22-4)10-16(14)23-5/h6-7,10,13,15,20H,8-9,11H2,1-5H3/t13-,15-/m0/s1. The molecule has 2 atom stereocenters. The van der Waals surface area contributed by atoms with Crippen LogP contribution in [-0.2, 0) is 4.74 Å². The van der Waals surface area contributed by atoms with Crippen LogP contribution in [0.5, 0.6) is 11.5 Å². The molecule has 1 aromatic rings. The number of piperidine rings is 1. The topological polar surface area (TPSA) is 68.2 Å². The van der Waals surface area contributed by atoms with E-state index < -0.39 is 11.7 Å². The lowest BCUT2D eigenvalue weighted by Gasteiger charge is -2.37. The van der Waals surface area contributed by atoms with E-state index in [1.54, 1.807) is 19.1 Å². The molecule has 1 saturated heterocycles. The number of aliphatic hydroxyl groups is 1. The molecule has 1 N–H and O–H groups in total. The van der Waals surface area contributed by atoms with Crippen LogP contribution in [0.25, 0.3) is 0 Å². The fourth-order valence-electron chi connectivity index (χ4n) is 2.91. The molecule has 0 bridgehead atoms. The summed E-state index contributed by atoms with van der Waals surface area (Å²) in [5, 5.41) is 10.6. The van der Waals surface area contributed by atoms with Crippen molar-refractivity contribution in [2.45, 2.75) is 44.8 Å². The maximum absolute atomic E-state index is 12.2. The van der Waals surface area contributed by atoms with Gasteiger partial charge in [-0.2, -0.15) is 0 Å². The van der Waals surface area contributed by atoms with Crippen molar-refractivity contribution in [2.24, 2.45) is 0 Å². The van der Waals surface area contributed by atoms with Gasteiger partial charge in [-0.15, -0.1) is 0 Å². The minimum absolute atomic E-state index is 0.0930. The van der Waals surface area contributed by atoms with Gasteiger partial charge in [-0.25, -0.2) is 4.79 Å². The number of likely N-dealkylation sites (tertiary alicyclic amines) is 1. The molecule has 0 spiro atoms. The van der Waals surface area contributed by atoms with Crippen molar-refractivity contribution < 1.29 is 24.1 Å². The molecular formula is C18H27NO5. The van der Waals surface area contributed by atoms with E-state index in [1.165, 1.54) is 0 Å². The Morgan fingerprint density at radius 2 is 1.96 bits per heavy atom. The largest absolute Gasteiger partial charge is 0.497 e. The van der Waals surface area contributed by atoms with Gasteiger partial charge in [0, 0.05) is 24.1 Å². The fraction of sp³-hybridized carbons (Fsp3) is 0.611. The molecular weight excluding hydrogens is 310 g/mol. The Balaban J connectivity index is 2.10. The SMILES string of the molecule is COc1ccc([C@@H]2CCN(C(=O)OC(C)(C)C)C[C@@H]2O)c(OC)c1. The molecule has 6 nitrogen and oxygen atoms in total. The van der Waals surface area contributed by atoms with Crippen molar-refractivity contribution in [3.05, 3.63) is 23.8 Å². The first kappa shape index (κ1) is 18.4. The van der Waals surface area contributed by atoms with Gasteiger partial charge in [-0.3, -0.25) is 0 Å². The maximum Gasteiger partial charge on any atom is 0.410 e. The molecule has 1 aromatic carbocycles. The third-order valence-electron chi connectivity index (χ3n) is 4.07. The molecule has 2 rings (SSSR count). The van der Waals surface area contributed by atoms with Gasteiger partial charge in [-0.05, 0) is 33.3 Å². The third-order valence-corrected chi connectivity index (χ3v) is 4.07. The average molecular weight is 337 g/mol. The molecule has 1 heterocycles. The van der Waals surface area contributed by atoms with E-state index in [9.17, 15) is 9.90 Å². The lowest BCUT2D eigenvalue weighted by molar-refractivity contribution is -0.00169. The minimum atomic E-state index is -0.673. The Morgan fingerprint density at radius 3 is 2.50 bits per heavy atom. The number of nitrogens with zero attached hydrogens (tertiary/aromatic N) is 1. The normalized spacial score (nSPS) is 21.3. The van der Waals surface area contributed by atoms with Gasteiger partial charge in [0.15, 0.2) is 0 Å². The van der Waals surface area contributed by atoms with Gasteiger partial charge in [0.05, 0.1) is 26.9 Å². The molecule has 6 heteroatoms. The molecule has 24 heavy (non-hydrogen) atoms. The zero-order chi connectivity index (χ0) is 17.9. The molecule has 1 aliphatic rings. The predicted molar refractivity (Wildman–Crippen MR) is 90.7 cm³/mol. The molecule has 1 fully saturated rings. The number of carbonyl (C=O) groups is 1. The van der Waals surface area contributed by atoms with Gasteiger partial charge >= 0.3 is 6.09 Å². The first-order valence-electron chi connectivity index (χ1n) is 8.13. The highest BCUT2D eigenvalue weighted by Crippen LogP contribution is 2.36. The number of benzene rings is 1. The average Bonchev–Trinajstić information content (AvgIpc) is 2.52. The number of hydrogen-bond donors (Lipinski definition) is 1.